The summed E-state index contributed by atoms with van der Waals surface area (Å²) in [4.78, 5) is 4.41. The van der Waals surface area contributed by atoms with Crippen LogP contribution >= 0.6 is 0 Å². The van der Waals surface area contributed by atoms with Gasteiger partial charge in [-0.05, 0) is 51.0 Å². The number of para-hydroxylation sites is 1. The lowest BCUT2D eigenvalue weighted by Crippen LogP contribution is -2.52. The molecule has 0 aliphatic carbocycles. The number of hydrogen-bond acceptors (Lipinski definition) is 2. The highest BCUT2D eigenvalue weighted by Crippen LogP contribution is 2.23. The van der Waals surface area contributed by atoms with Gasteiger partial charge in [-0.2, -0.15) is 0 Å². The Morgan fingerprint density at radius 2 is 1.20 bits per heavy atom. The van der Waals surface area contributed by atoms with E-state index in [0.29, 0.717) is 0 Å². The van der Waals surface area contributed by atoms with Crippen LogP contribution in [0, 0.1) is 6.92 Å². The third-order valence-corrected chi connectivity index (χ3v) is 10.1. The molecule has 0 fully saturated rings. The third-order valence-electron chi connectivity index (χ3n) is 7.11. The van der Waals surface area contributed by atoms with Crippen molar-refractivity contribution in [3.63, 3.8) is 0 Å². The van der Waals surface area contributed by atoms with E-state index in [1.165, 1.54) is 37.1 Å². The Bertz CT molecular complexity index is 1920. The van der Waals surface area contributed by atoms with Gasteiger partial charge in [0, 0.05) is 11.1 Å². The van der Waals surface area contributed by atoms with Crippen molar-refractivity contribution in [3.05, 3.63) is 151 Å². The number of fused-ring (bicyclic) bond motifs is 3. The van der Waals surface area contributed by atoms with E-state index in [-0.39, 0.29) is 0 Å². The second-order valence-electron chi connectivity index (χ2n) is 9.73. The monoisotopic (exact) mass is 544 g/mol. The van der Waals surface area contributed by atoms with E-state index in [1.54, 1.807) is 0 Å². The van der Waals surface area contributed by atoms with Crippen molar-refractivity contribution >= 4 is 73.4 Å². The largest absolute Gasteiger partial charge is 0.652 e. The topological polar surface area (TPSA) is 22.1 Å². The lowest BCUT2D eigenvalue weighted by atomic mass is 10.1. The van der Waals surface area contributed by atoms with Crippen molar-refractivity contribution in [2.45, 2.75) is 6.92 Å². The van der Waals surface area contributed by atoms with Gasteiger partial charge < -0.3 is 3.79 Å². The molecule has 7 aromatic rings. The van der Waals surface area contributed by atoms with E-state index in [2.05, 4.69) is 137 Å². The van der Waals surface area contributed by atoms with Crippen LogP contribution in [0.1, 0.15) is 5.69 Å². The van der Waals surface area contributed by atoms with Crippen LogP contribution in [0.4, 0.5) is 0 Å². The molecule has 0 saturated heterocycles. The van der Waals surface area contributed by atoms with Crippen molar-refractivity contribution < 1.29 is 3.79 Å². The standard InChI is InChI=1S/C26H19Si.C10H9NO.Al/c1-2-13-23(14-3-1)27(24-18-17-20-9-4-5-11-22(20)19-24)26-16-8-12-21-10-6-7-15-25(21)26;1-7-5-6-8-3-2-4-9(12)10(8)11-7;/h1-19H;2-6,12H,1H3;/q;;+1/p-1. The first kappa shape index (κ1) is 26.0. The fourth-order valence-electron chi connectivity index (χ4n) is 5.18. The molecule has 6 aromatic carbocycles. The highest BCUT2D eigenvalue weighted by Gasteiger charge is 2.21. The average Bonchev–Trinajstić information content (AvgIpc) is 3.02. The van der Waals surface area contributed by atoms with Crippen molar-refractivity contribution in [2.75, 3.05) is 0 Å². The predicted molar refractivity (Wildman–Crippen MR) is 172 cm³/mol. The molecule has 0 amide bonds. The zero-order valence-electron chi connectivity index (χ0n) is 22.3. The van der Waals surface area contributed by atoms with Gasteiger partial charge in [-0.15, -0.1) is 0 Å². The van der Waals surface area contributed by atoms with Gasteiger partial charge in [0.05, 0.1) is 0 Å². The van der Waals surface area contributed by atoms with Gasteiger partial charge in [-0.3, -0.25) is 0 Å². The molecule has 0 N–H and O–H groups in total. The Morgan fingerprint density at radius 3 is 2.02 bits per heavy atom. The van der Waals surface area contributed by atoms with Crippen LogP contribution in [0.3, 0.4) is 0 Å². The summed E-state index contributed by atoms with van der Waals surface area (Å²) in [6.07, 6.45) is 0. The maximum Gasteiger partial charge on any atom is 0.482 e. The van der Waals surface area contributed by atoms with E-state index < -0.39 is 8.80 Å². The minimum absolute atomic E-state index is 0.797. The predicted octanol–water partition coefficient (Wildman–Crippen LogP) is 6.51. The maximum absolute atomic E-state index is 5.14. The molecule has 7 rings (SSSR count). The molecule has 1 aromatic heterocycles. The Hall–Kier alpha value is -4.20. The number of pyridine rings is 1. The fourth-order valence-corrected chi connectivity index (χ4v) is 8.16. The summed E-state index contributed by atoms with van der Waals surface area (Å²) < 4.78 is 5.14. The lowest BCUT2D eigenvalue weighted by molar-refractivity contribution is 0.622. The van der Waals surface area contributed by atoms with Crippen molar-refractivity contribution in [1.29, 1.82) is 0 Å². The minimum atomic E-state index is -1.09. The van der Waals surface area contributed by atoms with E-state index in [9.17, 15) is 0 Å². The van der Waals surface area contributed by atoms with Crippen molar-refractivity contribution in [2.24, 2.45) is 0 Å². The number of aryl methyl sites for hydroxylation is 1. The smallest absolute Gasteiger partial charge is 0.482 e. The molecule has 189 valence electrons. The SMILES string of the molecule is Cc1ccc2cccc([O][Al])c2n1.c1ccc([Si](c2ccc3ccccc3c2)c2cccc3ccccc23)cc1. The second-order valence-corrected chi connectivity index (χ2v) is 12.4. The van der Waals surface area contributed by atoms with Crippen LogP contribution < -0.4 is 19.3 Å². The van der Waals surface area contributed by atoms with Crippen LogP contribution in [-0.2, 0) is 0 Å². The summed E-state index contributed by atoms with van der Waals surface area (Å²) in [5.41, 5.74) is 1.92. The molecule has 0 atom stereocenters. The van der Waals surface area contributed by atoms with Crippen LogP contribution in [0.2, 0.25) is 0 Å². The first-order chi connectivity index (χ1) is 19.7. The molecular formula is C36H27AlNOSi. The molecule has 2 nitrogen and oxygen atoms in total. The van der Waals surface area contributed by atoms with E-state index in [1.807, 2.05) is 37.3 Å². The number of rotatable bonds is 4. The average molecular weight is 545 g/mol. The zero-order chi connectivity index (χ0) is 27.3. The van der Waals surface area contributed by atoms with Gasteiger partial charge in [-0.1, -0.05) is 139 Å². The summed E-state index contributed by atoms with van der Waals surface area (Å²) in [7, 11) is -1.09. The van der Waals surface area contributed by atoms with Gasteiger partial charge in [0.15, 0.2) is 8.80 Å². The molecule has 40 heavy (non-hydrogen) atoms. The Balaban J connectivity index is 0.000000187. The van der Waals surface area contributed by atoms with Crippen molar-refractivity contribution in [3.8, 4) is 5.75 Å². The van der Waals surface area contributed by atoms with Crippen molar-refractivity contribution in [1.82, 2.24) is 4.98 Å². The van der Waals surface area contributed by atoms with Gasteiger partial charge >= 0.3 is 16.6 Å². The summed E-state index contributed by atoms with van der Waals surface area (Å²) in [5, 5.41) is 10.7. The van der Waals surface area contributed by atoms with Gasteiger partial charge in [0.1, 0.15) is 11.3 Å². The fraction of sp³-hybridized carbons (Fsp3) is 0.0278. The van der Waals surface area contributed by atoms with Gasteiger partial charge in [-0.25, -0.2) is 4.98 Å². The number of nitrogens with zero attached hydrogens (tertiary/aromatic N) is 1. The highest BCUT2D eigenvalue weighted by molar-refractivity contribution is 6.97. The number of aromatic nitrogens is 1. The Morgan fingerprint density at radius 1 is 0.550 bits per heavy atom. The maximum atomic E-state index is 5.14. The summed E-state index contributed by atoms with van der Waals surface area (Å²) in [6, 6.07) is 52.0. The summed E-state index contributed by atoms with van der Waals surface area (Å²) >= 11 is 2.24. The Labute approximate surface area is 245 Å². The quantitative estimate of drug-likeness (QED) is 0.186. The summed E-state index contributed by atoms with van der Waals surface area (Å²) in [6.45, 7) is 1.97. The molecule has 0 unspecified atom stereocenters. The van der Waals surface area contributed by atoms with Crippen LogP contribution in [-0.4, -0.2) is 30.4 Å². The molecule has 0 bridgehead atoms. The van der Waals surface area contributed by atoms with Crippen LogP contribution in [0.25, 0.3) is 32.4 Å². The summed E-state index contributed by atoms with van der Waals surface area (Å²) in [5.74, 6) is 0.797. The molecule has 4 heteroatoms. The Kier molecular flexibility index (Phi) is 7.75. The first-order valence-electron chi connectivity index (χ1n) is 13.3. The van der Waals surface area contributed by atoms with Crippen LogP contribution in [0.15, 0.2) is 146 Å². The lowest BCUT2D eigenvalue weighted by Gasteiger charge is -2.19. The zero-order valence-corrected chi connectivity index (χ0v) is 24.4. The van der Waals surface area contributed by atoms with Gasteiger partial charge in [0.25, 0.3) is 0 Å². The van der Waals surface area contributed by atoms with E-state index in [4.69, 9.17) is 3.79 Å². The molecule has 0 saturated carbocycles. The normalized spacial score (nSPS) is 10.9. The molecule has 1 heterocycles. The van der Waals surface area contributed by atoms with E-state index >= 15 is 0 Å². The van der Waals surface area contributed by atoms with Gasteiger partial charge in [0.2, 0.25) is 0 Å². The van der Waals surface area contributed by atoms with E-state index in [0.717, 1.165) is 22.3 Å². The second kappa shape index (κ2) is 11.9. The first-order valence-corrected chi connectivity index (χ1v) is 15.3. The van der Waals surface area contributed by atoms with Crippen LogP contribution in [0.5, 0.6) is 5.75 Å². The highest BCUT2D eigenvalue weighted by atomic mass is 28.3. The molecular weight excluding hydrogens is 517 g/mol. The third kappa shape index (κ3) is 5.43. The molecule has 0 spiro atoms. The minimum Gasteiger partial charge on any atom is -0.652 e. The number of benzene rings is 6. The molecule has 0 aliphatic rings. The molecule has 3 radical (unpaired) electrons. The molecule has 0 aliphatic heterocycles. The number of hydrogen-bond donors (Lipinski definition) is 0.